The van der Waals surface area contributed by atoms with E-state index in [4.69, 9.17) is 4.74 Å². The number of hydrogen-bond donors (Lipinski definition) is 1. The van der Waals surface area contributed by atoms with E-state index in [9.17, 15) is 4.79 Å². The summed E-state index contributed by atoms with van der Waals surface area (Å²) < 4.78 is 5.24. The molecule has 1 aliphatic rings. The van der Waals surface area contributed by atoms with Crippen LogP contribution in [0.5, 0.6) is 0 Å². The molecule has 3 heteroatoms. The minimum absolute atomic E-state index is 0.0157. The Labute approximate surface area is 92.6 Å². The molecule has 1 fully saturated rings. The van der Waals surface area contributed by atoms with Crippen molar-refractivity contribution in [2.75, 3.05) is 19.7 Å². The van der Waals surface area contributed by atoms with Gasteiger partial charge in [-0.25, -0.2) is 0 Å². The van der Waals surface area contributed by atoms with Crippen LogP contribution in [0.3, 0.4) is 0 Å². The first-order chi connectivity index (χ1) is 7.25. The fourth-order valence-corrected chi connectivity index (χ4v) is 1.69. The van der Waals surface area contributed by atoms with Gasteiger partial charge in [0.2, 0.25) is 0 Å². The maximum Gasteiger partial charge on any atom is 0.309 e. The van der Waals surface area contributed by atoms with E-state index in [2.05, 4.69) is 12.2 Å². The third-order valence-electron chi connectivity index (χ3n) is 3.13. The van der Waals surface area contributed by atoms with Crippen LogP contribution in [0.25, 0.3) is 0 Å². The second-order valence-electron chi connectivity index (χ2n) is 4.44. The van der Waals surface area contributed by atoms with Crippen molar-refractivity contribution in [1.82, 2.24) is 5.32 Å². The number of ether oxygens (including phenoxy) is 1. The Morgan fingerprint density at radius 2 is 2.13 bits per heavy atom. The van der Waals surface area contributed by atoms with Crippen molar-refractivity contribution < 1.29 is 9.53 Å². The molecule has 1 aliphatic heterocycles. The minimum Gasteiger partial charge on any atom is -0.465 e. The van der Waals surface area contributed by atoms with Gasteiger partial charge in [0.1, 0.15) is 0 Å². The zero-order valence-electron chi connectivity index (χ0n) is 9.92. The molecule has 1 rings (SSSR count). The van der Waals surface area contributed by atoms with Crippen LogP contribution in [0.2, 0.25) is 0 Å². The Bertz CT molecular complexity index is 190. The Kier molecular flexibility index (Phi) is 5.69. The van der Waals surface area contributed by atoms with Gasteiger partial charge in [0.15, 0.2) is 0 Å². The van der Waals surface area contributed by atoms with Crippen molar-refractivity contribution in [3.05, 3.63) is 0 Å². The highest BCUT2D eigenvalue weighted by atomic mass is 16.5. The number of nitrogens with one attached hydrogen (secondary N) is 1. The Morgan fingerprint density at radius 3 is 2.67 bits per heavy atom. The summed E-state index contributed by atoms with van der Waals surface area (Å²) in [6.45, 7) is 6.68. The highest BCUT2D eigenvalue weighted by Crippen LogP contribution is 2.17. The summed E-state index contributed by atoms with van der Waals surface area (Å²) in [7, 11) is 0. The van der Waals surface area contributed by atoms with E-state index in [1.807, 2.05) is 6.92 Å². The van der Waals surface area contributed by atoms with Gasteiger partial charge in [0.25, 0.3) is 0 Å². The number of hydrogen-bond acceptors (Lipinski definition) is 3. The lowest BCUT2D eigenvalue weighted by Crippen LogP contribution is -2.47. The number of rotatable bonds is 7. The van der Waals surface area contributed by atoms with Gasteiger partial charge in [-0.2, -0.15) is 0 Å². The van der Waals surface area contributed by atoms with E-state index in [-0.39, 0.29) is 11.9 Å². The van der Waals surface area contributed by atoms with Crippen molar-refractivity contribution in [2.45, 2.75) is 39.5 Å². The van der Waals surface area contributed by atoms with Gasteiger partial charge in [-0.3, -0.25) is 4.79 Å². The second-order valence-corrected chi connectivity index (χ2v) is 4.44. The molecule has 88 valence electrons. The molecule has 1 unspecified atom stereocenters. The molecule has 1 saturated heterocycles. The van der Waals surface area contributed by atoms with E-state index in [1.54, 1.807) is 0 Å². The zero-order chi connectivity index (χ0) is 11.1. The van der Waals surface area contributed by atoms with E-state index in [0.29, 0.717) is 12.5 Å². The summed E-state index contributed by atoms with van der Waals surface area (Å²) in [5.41, 5.74) is 0. The predicted molar refractivity (Wildman–Crippen MR) is 60.6 cm³/mol. The molecule has 1 atom stereocenters. The number of unbranched alkanes of at least 4 members (excludes halogenated alkanes) is 3. The number of carbonyl (C=O) groups excluding carboxylic acids is 1. The normalized spacial score (nSPS) is 18.3. The van der Waals surface area contributed by atoms with Crippen LogP contribution < -0.4 is 5.32 Å². The monoisotopic (exact) mass is 213 g/mol. The van der Waals surface area contributed by atoms with Gasteiger partial charge in [0, 0.05) is 0 Å². The van der Waals surface area contributed by atoms with Gasteiger partial charge < -0.3 is 10.1 Å². The number of carbonyl (C=O) groups is 1. The quantitative estimate of drug-likeness (QED) is 0.519. The molecule has 0 aromatic rings. The number of esters is 1. The van der Waals surface area contributed by atoms with Gasteiger partial charge in [-0.15, -0.1) is 0 Å². The lowest BCUT2D eigenvalue weighted by atomic mass is 9.89. The maximum atomic E-state index is 11.6. The third-order valence-corrected chi connectivity index (χ3v) is 3.13. The van der Waals surface area contributed by atoms with E-state index >= 15 is 0 Å². The maximum absolute atomic E-state index is 11.6. The summed E-state index contributed by atoms with van der Waals surface area (Å²) in [5, 5.41) is 3.17. The van der Waals surface area contributed by atoms with Gasteiger partial charge in [-0.1, -0.05) is 33.1 Å². The van der Waals surface area contributed by atoms with Gasteiger partial charge in [0.05, 0.1) is 12.5 Å². The minimum atomic E-state index is -0.0157. The first kappa shape index (κ1) is 12.5. The molecule has 15 heavy (non-hydrogen) atoms. The van der Waals surface area contributed by atoms with Crippen molar-refractivity contribution in [3.8, 4) is 0 Å². The van der Waals surface area contributed by atoms with Crippen LogP contribution in [0.15, 0.2) is 0 Å². The van der Waals surface area contributed by atoms with Crippen LogP contribution in [-0.4, -0.2) is 25.7 Å². The molecule has 0 aromatic carbocycles. The Balaban J connectivity index is 2.02. The highest BCUT2D eigenvalue weighted by molar-refractivity contribution is 5.72. The third kappa shape index (κ3) is 4.20. The van der Waals surface area contributed by atoms with Crippen LogP contribution >= 0.6 is 0 Å². The fraction of sp³-hybridized carbons (Fsp3) is 0.917. The molecule has 0 aliphatic carbocycles. The average molecular weight is 213 g/mol. The van der Waals surface area contributed by atoms with Crippen molar-refractivity contribution in [2.24, 2.45) is 11.8 Å². The van der Waals surface area contributed by atoms with Crippen LogP contribution in [0, 0.1) is 11.8 Å². The Morgan fingerprint density at radius 1 is 1.40 bits per heavy atom. The van der Waals surface area contributed by atoms with E-state index < -0.39 is 0 Å². The molecule has 0 spiro atoms. The smallest absolute Gasteiger partial charge is 0.309 e. The summed E-state index contributed by atoms with van der Waals surface area (Å²) >= 11 is 0. The molecular weight excluding hydrogens is 190 g/mol. The highest BCUT2D eigenvalue weighted by Gasteiger charge is 2.29. The lowest BCUT2D eigenvalue weighted by molar-refractivity contribution is -0.150. The largest absolute Gasteiger partial charge is 0.465 e. The predicted octanol–water partition coefficient (Wildman–Crippen LogP) is 1.97. The molecule has 0 amide bonds. The molecule has 3 nitrogen and oxygen atoms in total. The van der Waals surface area contributed by atoms with Crippen molar-refractivity contribution >= 4 is 5.97 Å². The summed E-state index contributed by atoms with van der Waals surface area (Å²) in [6, 6.07) is 0. The first-order valence-electron chi connectivity index (χ1n) is 6.13. The average Bonchev–Trinajstić information content (AvgIpc) is 2.14. The topological polar surface area (TPSA) is 38.3 Å². The van der Waals surface area contributed by atoms with Gasteiger partial charge in [-0.05, 0) is 25.4 Å². The summed E-state index contributed by atoms with van der Waals surface area (Å²) in [4.78, 5) is 11.6. The Hall–Kier alpha value is -0.570. The molecule has 0 bridgehead atoms. The van der Waals surface area contributed by atoms with E-state index in [1.165, 1.54) is 19.3 Å². The molecule has 0 radical (unpaired) electrons. The fourth-order valence-electron chi connectivity index (χ4n) is 1.69. The van der Waals surface area contributed by atoms with Crippen molar-refractivity contribution in [1.29, 1.82) is 0 Å². The molecular formula is C12H23NO2. The molecule has 1 N–H and O–H groups in total. The SMILES string of the molecule is CCCCCCOC(=O)C(C)C1CNC1. The van der Waals surface area contributed by atoms with Crippen LogP contribution in [0.1, 0.15) is 39.5 Å². The molecule has 1 heterocycles. The second kappa shape index (κ2) is 6.83. The lowest BCUT2D eigenvalue weighted by Gasteiger charge is -2.31. The van der Waals surface area contributed by atoms with Crippen molar-refractivity contribution in [3.63, 3.8) is 0 Å². The zero-order valence-corrected chi connectivity index (χ0v) is 9.92. The van der Waals surface area contributed by atoms with Crippen LogP contribution in [-0.2, 0) is 9.53 Å². The molecule has 0 aromatic heterocycles. The molecule has 0 saturated carbocycles. The van der Waals surface area contributed by atoms with Crippen LogP contribution in [0.4, 0.5) is 0 Å². The van der Waals surface area contributed by atoms with E-state index in [0.717, 1.165) is 19.5 Å². The summed E-state index contributed by atoms with van der Waals surface area (Å²) in [6.07, 6.45) is 4.64. The first-order valence-corrected chi connectivity index (χ1v) is 6.13. The standard InChI is InChI=1S/C12H23NO2/c1-3-4-5-6-7-15-12(14)10(2)11-8-13-9-11/h10-11,13H,3-9H2,1-2H3. The van der Waals surface area contributed by atoms with Gasteiger partial charge >= 0.3 is 5.97 Å². The summed E-state index contributed by atoms with van der Waals surface area (Å²) in [5.74, 6) is 0.545.